The summed E-state index contributed by atoms with van der Waals surface area (Å²) in [7, 11) is 0. The lowest BCUT2D eigenvalue weighted by atomic mass is 10.2. The fraction of sp³-hybridized carbons (Fsp3) is 0.500. The highest BCUT2D eigenvalue weighted by atomic mass is 16.5. The van der Waals surface area contributed by atoms with Gasteiger partial charge in [-0.1, -0.05) is 31.6 Å². The number of hydrogen-bond donors (Lipinski definition) is 1. The van der Waals surface area contributed by atoms with Crippen molar-refractivity contribution in [3.05, 3.63) is 35.6 Å². The van der Waals surface area contributed by atoms with Crippen molar-refractivity contribution >= 4 is 0 Å². The van der Waals surface area contributed by atoms with Crippen LogP contribution in [0, 0.1) is 0 Å². The van der Waals surface area contributed by atoms with Crippen LogP contribution in [0.4, 0.5) is 0 Å². The molecule has 1 rings (SSSR count). The molecule has 1 aliphatic carbocycles. The summed E-state index contributed by atoms with van der Waals surface area (Å²) >= 11 is 0. The lowest BCUT2D eigenvalue weighted by molar-refractivity contribution is 0.154. The van der Waals surface area contributed by atoms with Gasteiger partial charge in [0, 0.05) is 18.7 Å². The predicted molar refractivity (Wildman–Crippen MR) is 59.8 cm³/mol. The van der Waals surface area contributed by atoms with Gasteiger partial charge in [-0.3, -0.25) is 0 Å². The first-order valence-electron chi connectivity index (χ1n) is 5.22. The maximum Gasteiger partial charge on any atom is 0.0716 e. The molecule has 2 N–H and O–H groups in total. The van der Waals surface area contributed by atoms with Crippen LogP contribution in [0.25, 0.3) is 0 Å². The van der Waals surface area contributed by atoms with Gasteiger partial charge in [0.05, 0.1) is 6.61 Å². The zero-order chi connectivity index (χ0) is 10.2. The molecule has 0 saturated carbocycles. The molecule has 0 aromatic rings. The Morgan fingerprint density at radius 3 is 3.07 bits per heavy atom. The number of hydrogen-bond acceptors (Lipinski definition) is 2. The van der Waals surface area contributed by atoms with Crippen LogP contribution in [0.3, 0.4) is 0 Å². The van der Waals surface area contributed by atoms with E-state index in [1.807, 2.05) is 12.2 Å². The largest absolute Gasteiger partial charge is 0.402 e. The molecular weight excluding hydrogens is 174 g/mol. The van der Waals surface area contributed by atoms with Crippen LogP contribution in [0.2, 0.25) is 0 Å². The maximum atomic E-state index is 5.70. The summed E-state index contributed by atoms with van der Waals surface area (Å²) < 4.78 is 5.51. The van der Waals surface area contributed by atoms with Crippen molar-refractivity contribution < 1.29 is 4.74 Å². The molecule has 78 valence electrons. The van der Waals surface area contributed by atoms with E-state index in [2.05, 4.69) is 19.1 Å². The Labute approximate surface area is 86.1 Å². The van der Waals surface area contributed by atoms with Crippen LogP contribution in [0.5, 0.6) is 0 Å². The van der Waals surface area contributed by atoms with Crippen molar-refractivity contribution in [1.29, 1.82) is 0 Å². The lowest BCUT2D eigenvalue weighted by Gasteiger charge is -2.02. The molecule has 0 fully saturated rings. The summed E-state index contributed by atoms with van der Waals surface area (Å²) in [6.45, 7) is 3.71. The van der Waals surface area contributed by atoms with Gasteiger partial charge in [0.25, 0.3) is 0 Å². The second-order valence-corrected chi connectivity index (χ2v) is 3.50. The minimum absolute atomic E-state index is 0.695. The summed E-state index contributed by atoms with van der Waals surface area (Å²) in [5.41, 5.74) is 7.80. The van der Waals surface area contributed by atoms with Gasteiger partial charge in [-0.05, 0) is 18.1 Å². The summed E-state index contributed by atoms with van der Waals surface area (Å²) in [6, 6.07) is 0. The number of ether oxygens (including phenoxy) is 1. The van der Waals surface area contributed by atoms with Crippen LogP contribution in [-0.2, 0) is 4.74 Å². The van der Waals surface area contributed by atoms with Gasteiger partial charge in [0.15, 0.2) is 0 Å². The Morgan fingerprint density at radius 2 is 2.29 bits per heavy atom. The molecule has 0 spiro atoms. The van der Waals surface area contributed by atoms with Crippen LogP contribution in [0.15, 0.2) is 35.6 Å². The van der Waals surface area contributed by atoms with Crippen molar-refractivity contribution in [2.75, 3.05) is 13.2 Å². The third-order valence-electron chi connectivity index (χ3n) is 2.11. The smallest absolute Gasteiger partial charge is 0.0716 e. The molecule has 0 aliphatic heterocycles. The molecule has 2 nitrogen and oxygen atoms in total. The Bertz CT molecular complexity index is 251. The third-order valence-corrected chi connectivity index (χ3v) is 2.11. The van der Waals surface area contributed by atoms with E-state index in [0.29, 0.717) is 6.61 Å². The Kier molecular flexibility index (Phi) is 5.08. The number of unbranched alkanes of at least 4 members (excludes halogenated alkanes) is 1. The fourth-order valence-corrected chi connectivity index (χ4v) is 1.22. The minimum atomic E-state index is 0.695. The van der Waals surface area contributed by atoms with Gasteiger partial charge < -0.3 is 10.5 Å². The zero-order valence-electron chi connectivity index (χ0n) is 8.83. The number of nitrogens with two attached hydrogens (primary N) is 1. The van der Waals surface area contributed by atoms with Crippen molar-refractivity contribution in [3.63, 3.8) is 0 Å². The Morgan fingerprint density at radius 1 is 1.43 bits per heavy atom. The molecule has 0 saturated heterocycles. The van der Waals surface area contributed by atoms with Crippen molar-refractivity contribution in [3.8, 4) is 0 Å². The van der Waals surface area contributed by atoms with Crippen LogP contribution in [0.1, 0.15) is 26.2 Å². The highest BCUT2D eigenvalue weighted by Gasteiger charge is 1.96. The van der Waals surface area contributed by atoms with E-state index in [9.17, 15) is 0 Å². The Hall–Kier alpha value is -1.02. The molecule has 0 aromatic carbocycles. The molecular formula is C12H19NO. The number of rotatable bonds is 5. The number of allylic oxidation sites excluding steroid dienone is 3. The molecule has 14 heavy (non-hydrogen) atoms. The zero-order valence-corrected chi connectivity index (χ0v) is 8.83. The quantitative estimate of drug-likeness (QED) is 0.681. The third kappa shape index (κ3) is 4.28. The average molecular weight is 193 g/mol. The van der Waals surface area contributed by atoms with Crippen molar-refractivity contribution in [1.82, 2.24) is 0 Å². The highest BCUT2D eigenvalue weighted by molar-refractivity contribution is 5.30. The second kappa shape index (κ2) is 6.44. The molecule has 0 heterocycles. The lowest BCUT2D eigenvalue weighted by Crippen LogP contribution is -1.98. The van der Waals surface area contributed by atoms with Gasteiger partial charge in [-0.2, -0.15) is 0 Å². The van der Waals surface area contributed by atoms with E-state index in [4.69, 9.17) is 10.5 Å². The molecule has 0 atom stereocenters. The summed E-state index contributed by atoms with van der Waals surface area (Å²) in [6.07, 6.45) is 11.3. The molecule has 0 unspecified atom stereocenters. The second-order valence-electron chi connectivity index (χ2n) is 3.50. The molecule has 1 aliphatic rings. The van der Waals surface area contributed by atoms with Gasteiger partial charge >= 0.3 is 0 Å². The van der Waals surface area contributed by atoms with Crippen LogP contribution in [-0.4, -0.2) is 13.2 Å². The predicted octanol–water partition coefficient (Wildman–Crippen LogP) is 2.53. The first-order valence-corrected chi connectivity index (χ1v) is 5.22. The van der Waals surface area contributed by atoms with Crippen molar-refractivity contribution in [2.24, 2.45) is 5.73 Å². The molecule has 0 bridgehead atoms. The van der Waals surface area contributed by atoms with E-state index in [-0.39, 0.29) is 0 Å². The summed E-state index contributed by atoms with van der Waals surface area (Å²) in [5, 5.41) is 0. The van der Waals surface area contributed by atoms with E-state index in [1.54, 1.807) is 0 Å². The van der Waals surface area contributed by atoms with Crippen LogP contribution >= 0.6 is 0 Å². The minimum Gasteiger partial charge on any atom is -0.402 e. The topological polar surface area (TPSA) is 35.2 Å². The summed E-state index contributed by atoms with van der Waals surface area (Å²) in [5.74, 6) is 0. The first kappa shape index (κ1) is 11.1. The Balaban J connectivity index is 2.30. The normalized spacial score (nSPS) is 16.1. The fourth-order valence-electron chi connectivity index (χ4n) is 1.22. The van der Waals surface area contributed by atoms with Crippen LogP contribution < -0.4 is 5.73 Å². The first-order chi connectivity index (χ1) is 6.83. The van der Waals surface area contributed by atoms with E-state index in [1.165, 1.54) is 12.0 Å². The molecule has 0 aromatic heterocycles. The summed E-state index contributed by atoms with van der Waals surface area (Å²) in [4.78, 5) is 0. The monoisotopic (exact) mass is 193 g/mol. The van der Waals surface area contributed by atoms with E-state index in [0.717, 1.165) is 25.1 Å². The van der Waals surface area contributed by atoms with Gasteiger partial charge in [-0.25, -0.2) is 0 Å². The van der Waals surface area contributed by atoms with E-state index < -0.39 is 0 Å². The highest BCUT2D eigenvalue weighted by Crippen LogP contribution is 2.08. The van der Waals surface area contributed by atoms with Crippen molar-refractivity contribution in [2.45, 2.75) is 26.2 Å². The SMILES string of the molecule is CCCCOCC1=CC=C(N)CC=C1. The van der Waals surface area contributed by atoms with Gasteiger partial charge in [-0.15, -0.1) is 0 Å². The standard InChI is InChI=1S/C12H19NO/c1-2-3-9-14-10-11-5-4-6-12(13)8-7-11/h4-5,7-8H,2-3,6,9-10,13H2,1H3. The van der Waals surface area contributed by atoms with Gasteiger partial charge in [0.1, 0.15) is 0 Å². The molecule has 0 amide bonds. The molecule has 2 heteroatoms. The molecule has 0 radical (unpaired) electrons. The van der Waals surface area contributed by atoms with Gasteiger partial charge in [0.2, 0.25) is 0 Å². The van der Waals surface area contributed by atoms with E-state index >= 15 is 0 Å². The maximum absolute atomic E-state index is 5.70. The average Bonchev–Trinajstić information content (AvgIpc) is 2.38.